The molecule has 0 bridgehead atoms. The average molecular weight is 729 g/mol. The van der Waals surface area contributed by atoms with Crippen LogP contribution < -0.4 is 4.90 Å². The summed E-state index contributed by atoms with van der Waals surface area (Å²) in [6, 6.07) is 79.3. The molecule has 2 nitrogen and oxygen atoms in total. The van der Waals surface area contributed by atoms with Crippen molar-refractivity contribution in [3.05, 3.63) is 241 Å². The van der Waals surface area contributed by atoms with E-state index in [1.54, 1.807) is 0 Å². The van der Waals surface area contributed by atoms with Gasteiger partial charge in [-0.3, -0.25) is 4.99 Å². The van der Waals surface area contributed by atoms with E-state index in [0.717, 1.165) is 39.4 Å². The van der Waals surface area contributed by atoms with Gasteiger partial charge in [0.1, 0.15) is 0 Å². The molecule has 0 saturated carbocycles. The van der Waals surface area contributed by atoms with Gasteiger partial charge in [0.05, 0.1) is 11.4 Å². The zero-order valence-electron chi connectivity index (χ0n) is 31.5. The van der Waals surface area contributed by atoms with Crippen molar-refractivity contribution in [3.63, 3.8) is 0 Å². The van der Waals surface area contributed by atoms with Crippen LogP contribution in [0.25, 0.3) is 56.3 Å². The highest BCUT2D eigenvalue weighted by Gasteiger charge is 2.17. The number of fused-ring (bicyclic) bond motifs is 1. The molecule has 0 heterocycles. The van der Waals surface area contributed by atoms with E-state index in [0.29, 0.717) is 0 Å². The summed E-state index contributed by atoms with van der Waals surface area (Å²) in [5.74, 6) is 0. The monoisotopic (exact) mass is 728 g/mol. The quantitative estimate of drug-likeness (QED) is 0.101. The first-order valence-corrected chi connectivity index (χ1v) is 19.4. The first-order valence-electron chi connectivity index (χ1n) is 19.4. The molecule has 57 heavy (non-hydrogen) atoms. The van der Waals surface area contributed by atoms with Crippen LogP contribution in [0.4, 0.5) is 22.7 Å². The predicted molar refractivity (Wildman–Crippen MR) is 244 cm³/mol. The molecule has 270 valence electrons. The maximum absolute atomic E-state index is 4.97. The first-order chi connectivity index (χ1) is 28.2. The summed E-state index contributed by atoms with van der Waals surface area (Å²) in [7, 11) is 0. The van der Waals surface area contributed by atoms with Gasteiger partial charge in [0.25, 0.3) is 0 Å². The molecule has 0 aromatic heterocycles. The lowest BCUT2D eigenvalue weighted by Crippen LogP contribution is -2.11. The largest absolute Gasteiger partial charge is 0.310 e. The van der Waals surface area contributed by atoms with Crippen LogP contribution in [0.1, 0.15) is 16.7 Å². The van der Waals surface area contributed by atoms with E-state index in [1.165, 1.54) is 44.2 Å². The second kappa shape index (κ2) is 16.4. The molecule has 9 rings (SSSR count). The average Bonchev–Trinajstić information content (AvgIpc) is 3.29. The lowest BCUT2D eigenvalue weighted by Gasteiger charge is -2.28. The molecule has 0 aliphatic heterocycles. The number of anilines is 3. The number of aliphatic imine (C=N–C) groups is 1. The third-order valence-electron chi connectivity index (χ3n) is 10.3. The third-order valence-corrected chi connectivity index (χ3v) is 10.3. The van der Waals surface area contributed by atoms with Crippen molar-refractivity contribution in [1.29, 1.82) is 0 Å². The van der Waals surface area contributed by atoms with Crippen molar-refractivity contribution >= 4 is 51.9 Å². The smallest absolute Gasteiger partial charge is 0.0702 e. The topological polar surface area (TPSA) is 15.6 Å². The molecule has 0 atom stereocenters. The van der Waals surface area contributed by atoms with Crippen molar-refractivity contribution in [2.24, 2.45) is 4.99 Å². The number of benzene rings is 9. The Morgan fingerprint density at radius 2 is 0.860 bits per heavy atom. The summed E-state index contributed by atoms with van der Waals surface area (Å²) in [6.07, 6.45) is 6.27. The van der Waals surface area contributed by atoms with E-state index >= 15 is 0 Å². The summed E-state index contributed by atoms with van der Waals surface area (Å²) in [5.41, 5.74) is 14.6. The first kappa shape index (κ1) is 35.2. The molecule has 0 aliphatic carbocycles. The molecule has 9 aromatic carbocycles. The minimum absolute atomic E-state index is 0.919. The van der Waals surface area contributed by atoms with E-state index in [2.05, 4.69) is 235 Å². The van der Waals surface area contributed by atoms with Crippen molar-refractivity contribution in [3.8, 4) is 33.4 Å². The van der Waals surface area contributed by atoms with Gasteiger partial charge in [-0.05, 0) is 98.2 Å². The Balaban J connectivity index is 0.982. The van der Waals surface area contributed by atoms with E-state index in [4.69, 9.17) is 4.99 Å². The maximum Gasteiger partial charge on any atom is 0.0702 e. The van der Waals surface area contributed by atoms with Crippen LogP contribution in [-0.2, 0) is 0 Å². The summed E-state index contributed by atoms with van der Waals surface area (Å²) in [4.78, 5) is 7.31. The van der Waals surface area contributed by atoms with E-state index < -0.39 is 0 Å². The van der Waals surface area contributed by atoms with E-state index in [9.17, 15) is 0 Å². The minimum atomic E-state index is 0.919. The third kappa shape index (κ3) is 7.98. The number of para-hydroxylation sites is 2. The predicted octanol–water partition coefficient (Wildman–Crippen LogP) is 15.2. The SMILES string of the molecule is C(=Nc1ccccc1/C=C/c1ccc2cc(-c3ccccc3)ccc2c1)c1ccc(N(c2ccc(-c3ccccc3)cc2)c2ccccc2-c2ccccc2)cc1. The van der Waals surface area contributed by atoms with Gasteiger partial charge in [-0.2, -0.15) is 0 Å². The van der Waals surface area contributed by atoms with Crippen LogP contribution in [0, 0.1) is 0 Å². The van der Waals surface area contributed by atoms with Gasteiger partial charge >= 0.3 is 0 Å². The normalized spacial score (nSPS) is 11.4. The highest BCUT2D eigenvalue weighted by molar-refractivity contribution is 5.92. The van der Waals surface area contributed by atoms with Crippen LogP contribution in [0.5, 0.6) is 0 Å². The number of nitrogens with zero attached hydrogens (tertiary/aromatic N) is 2. The molecular weight excluding hydrogens is 689 g/mol. The molecule has 0 unspecified atom stereocenters. The fourth-order valence-corrected chi connectivity index (χ4v) is 7.35. The Kier molecular flexibility index (Phi) is 10.1. The van der Waals surface area contributed by atoms with E-state index in [1.807, 2.05) is 12.3 Å². The van der Waals surface area contributed by atoms with Crippen molar-refractivity contribution < 1.29 is 0 Å². The molecule has 0 N–H and O–H groups in total. The molecular formula is C55H40N2. The summed E-state index contributed by atoms with van der Waals surface area (Å²) >= 11 is 0. The van der Waals surface area contributed by atoms with Gasteiger partial charge in [-0.25, -0.2) is 0 Å². The Hall–Kier alpha value is -7.55. The van der Waals surface area contributed by atoms with E-state index in [-0.39, 0.29) is 0 Å². The van der Waals surface area contributed by atoms with Crippen molar-refractivity contribution in [1.82, 2.24) is 0 Å². The number of hydrogen-bond acceptors (Lipinski definition) is 2. The summed E-state index contributed by atoms with van der Waals surface area (Å²) < 4.78 is 0. The second-order valence-corrected chi connectivity index (χ2v) is 14.1. The van der Waals surface area contributed by atoms with Crippen LogP contribution >= 0.6 is 0 Å². The van der Waals surface area contributed by atoms with Crippen LogP contribution in [0.15, 0.2) is 229 Å². The molecule has 0 aliphatic rings. The zero-order chi connectivity index (χ0) is 38.2. The fourth-order valence-electron chi connectivity index (χ4n) is 7.35. The number of rotatable bonds is 10. The van der Waals surface area contributed by atoms with Crippen molar-refractivity contribution in [2.45, 2.75) is 0 Å². The standard InChI is InChI=1S/C55H40N2/c1-4-14-43(15-5-1)45-32-36-52(37-33-45)57(55-23-13-11-21-53(55)46-18-8-3-9-19-46)51-34-26-42(27-35-51)40-56-54-22-12-10-20-47(54)28-24-41-25-29-50-39-49(31-30-48(50)38-41)44-16-6-2-7-17-44/h1-40H/b28-24+,56-40?. The molecule has 0 saturated heterocycles. The van der Waals surface area contributed by atoms with Gasteiger partial charge in [0, 0.05) is 28.7 Å². The summed E-state index contributed by atoms with van der Waals surface area (Å²) in [6.45, 7) is 0. The molecule has 2 heteroatoms. The lowest BCUT2D eigenvalue weighted by molar-refractivity contribution is 1.28. The lowest BCUT2D eigenvalue weighted by atomic mass is 10.00. The molecule has 0 spiro atoms. The number of hydrogen-bond donors (Lipinski definition) is 0. The Bertz CT molecular complexity index is 2800. The summed E-state index contributed by atoms with van der Waals surface area (Å²) in [5, 5.41) is 2.45. The van der Waals surface area contributed by atoms with Gasteiger partial charge < -0.3 is 4.90 Å². The maximum atomic E-state index is 4.97. The minimum Gasteiger partial charge on any atom is -0.310 e. The van der Waals surface area contributed by atoms with Gasteiger partial charge in [-0.15, -0.1) is 0 Å². The van der Waals surface area contributed by atoms with Crippen molar-refractivity contribution in [2.75, 3.05) is 4.90 Å². The molecule has 0 fully saturated rings. The Labute approximate surface area is 335 Å². The van der Waals surface area contributed by atoms with Crippen LogP contribution in [0.2, 0.25) is 0 Å². The Morgan fingerprint density at radius 3 is 1.58 bits per heavy atom. The molecule has 0 radical (unpaired) electrons. The Morgan fingerprint density at radius 1 is 0.351 bits per heavy atom. The van der Waals surface area contributed by atoms with Gasteiger partial charge in [-0.1, -0.05) is 188 Å². The second-order valence-electron chi connectivity index (χ2n) is 14.1. The highest BCUT2D eigenvalue weighted by atomic mass is 15.1. The van der Waals surface area contributed by atoms with Gasteiger partial charge in [0.15, 0.2) is 0 Å². The van der Waals surface area contributed by atoms with Crippen LogP contribution in [0.3, 0.4) is 0 Å². The van der Waals surface area contributed by atoms with Crippen LogP contribution in [-0.4, -0.2) is 6.21 Å². The molecule has 9 aromatic rings. The molecule has 0 amide bonds. The highest BCUT2D eigenvalue weighted by Crippen LogP contribution is 2.41. The fraction of sp³-hybridized carbons (Fsp3) is 0. The zero-order valence-corrected chi connectivity index (χ0v) is 31.5. The van der Waals surface area contributed by atoms with Gasteiger partial charge in [0.2, 0.25) is 0 Å².